The second kappa shape index (κ2) is 8.29. The summed E-state index contributed by atoms with van der Waals surface area (Å²) < 4.78 is 49.8. The molecule has 0 aliphatic rings. The average Bonchev–Trinajstić information content (AvgIpc) is 2.32. The molecule has 0 aromatic carbocycles. The first-order valence-corrected chi connectivity index (χ1v) is 5.94. The number of aliphatic hydroxyl groups is 1. The molecule has 108 valence electrons. The topological polar surface area (TPSA) is 40.5 Å². The Bertz CT molecular complexity index is 249. The van der Waals surface area contributed by atoms with Crippen LogP contribution in [0.2, 0.25) is 0 Å². The van der Waals surface area contributed by atoms with Gasteiger partial charge >= 0.3 is 12.3 Å². The molecule has 1 N–H and O–H groups in total. The zero-order valence-corrected chi connectivity index (χ0v) is 10.3. The third-order valence-electron chi connectivity index (χ3n) is 2.50. The van der Waals surface area contributed by atoms with Crippen LogP contribution in [0.4, 0.5) is 17.6 Å². The summed E-state index contributed by atoms with van der Waals surface area (Å²) in [6.45, 7) is 1.04. The van der Waals surface area contributed by atoms with Gasteiger partial charge in [-0.3, -0.25) is 4.79 Å². The minimum absolute atomic E-state index is 0.0400. The van der Waals surface area contributed by atoms with Gasteiger partial charge in [0.25, 0.3) is 5.91 Å². The summed E-state index contributed by atoms with van der Waals surface area (Å²) in [6, 6.07) is 0. The highest BCUT2D eigenvalue weighted by molar-refractivity contribution is 5.84. The summed E-state index contributed by atoms with van der Waals surface area (Å²) in [5.74, 6) is -6.59. The van der Waals surface area contributed by atoms with Crippen molar-refractivity contribution in [2.24, 2.45) is 0 Å². The van der Waals surface area contributed by atoms with E-state index in [2.05, 4.69) is 0 Å². The van der Waals surface area contributed by atoms with Crippen molar-refractivity contribution < 1.29 is 27.5 Å². The lowest BCUT2D eigenvalue weighted by molar-refractivity contribution is -0.181. The van der Waals surface area contributed by atoms with Gasteiger partial charge < -0.3 is 10.0 Å². The van der Waals surface area contributed by atoms with Crippen LogP contribution in [0.15, 0.2) is 0 Å². The number of carbonyl (C=O) groups is 1. The first-order chi connectivity index (χ1) is 8.37. The van der Waals surface area contributed by atoms with Crippen molar-refractivity contribution in [3.8, 4) is 0 Å². The van der Waals surface area contributed by atoms with E-state index in [-0.39, 0.29) is 13.1 Å². The molecular weight excluding hydrogens is 254 g/mol. The van der Waals surface area contributed by atoms with E-state index in [1.54, 1.807) is 0 Å². The second-order valence-corrected chi connectivity index (χ2v) is 4.00. The van der Waals surface area contributed by atoms with E-state index in [4.69, 9.17) is 5.11 Å². The van der Waals surface area contributed by atoms with Crippen LogP contribution in [-0.4, -0.2) is 48.0 Å². The fourth-order valence-corrected chi connectivity index (χ4v) is 1.47. The van der Waals surface area contributed by atoms with E-state index in [1.165, 1.54) is 0 Å². The number of amides is 1. The van der Waals surface area contributed by atoms with E-state index in [0.29, 0.717) is 11.3 Å². The minimum atomic E-state index is -4.68. The number of nitrogens with zero attached hydrogens (tertiary/aromatic N) is 1. The molecule has 0 heterocycles. The van der Waals surface area contributed by atoms with Gasteiger partial charge in [-0.05, 0) is 6.42 Å². The van der Waals surface area contributed by atoms with E-state index < -0.39 is 24.9 Å². The summed E-state index contributed by atoms with van der Waals surface area (Å²) >= 11 is 0. The van der Waals surface area contributed by atoms with Crippen molar-refractivity contribution in [1.29, 1.82) is 0 Å². The highest BCUT2D eigenvalue weighted by atomic mass is 19.3. The molecule has 0 saturated heterocycles. The van der Waals surface area contributed by atoms with E-state index in [0.717, 1.165) is 19.3 Å². The lowest BCUT2D eigenvalue weighted by Crippen LogP contribution is -2.49. The summed E-state index contributed by atoms with van der Waals surface area (Å²) in [7, 11) is 0. The molecule has 7 heteroatoms. The Morgan fingerprint density at radius 1 is 1.22 bits per heavy atom. The minimum Gasteiger partial charge on any atom is -0.395 e. The van der Waals surface area contributed by atoms with Crippen LogP contribution >= 0.6 is 0 Å². The molecule has 1 amide bonds. The van der Waals surface area contributed by atoms with Crippen LogP contribution < -0.4 is 0 Å². The van der Waals surface area contributed by atoms with E-state index in [9.17, 15) is 22.4 Å². The van der Waals surface area contributed by atoms with Gasteiger partial charge in [-0.25, -0.2) is 8.78 Å². The molecule has 3 nitrogen and oxygen atoms in total. The van der Waals surface area contributed by atoms with Gasteiger partial charge in [-0.1, -0.05) is 26.2 Å². The van der Waals surface area contributed by atoms with Crippen LogP contribution in [0, 0.1) is 0 Å². The number of rotatable bonds is 9. The Hall–Kier alpha value is -0.850. The predicted octanol–water partition coefficient (Wildman–Crippen LogP) is 2.29. The largest absolute Gasteiger partial charge is 0.395 e. The van der Waals surface area contributed by atoms with Crippen LogP contribution in [0.25, 0.3) is 0 Å². The predicted molar refractivity (Wildman–Crippen MR) is 58.8 cm³/mol. The van der Waals surface area contributed by atoms with E-state index >= 15 is 0 Å². The second-order valence-electron chi connectivity index (χ2n) is 4.00. The van der Waals surface area contributed by atoms with Gasteiger partial charge in [0.15, 0.2) is 0 Å². The Labute approximate surface area is 104 Å². The third-order valence-corrected chi connectivity index (χ3v) is 2.50. The molecular formula is C11H19F4NO2. The Balaban J connectivity index is 4.44. The molecule has 0 bridgehead atoms. The molecule has 0 aliphatic carbocycles. The molecule has 0 fully saturated rings. The van der Waals surface area contributed by atoms with Crippen LogP contribution in [0.5, 0.6) is 0 Å². The Morgan fingerprint density at radius 3 is 2.28 bits per heavy atom. The Kier molecular flexibility index (Phi) is 7.90. The molecule has 0 aliphatic heterocycles. The molecule has 0 aromatic heterocycles. The fourth-order valence-electron chi connectivity index (χ4n) is 1.47. The third kappa shape index (κ3) is 5.20. The number of aliphatic hydroxyl groups excluding tert-OH is 1. The summed E-state index contributed by atoms with van der Waals surface area (Å²) in [5, 5.41) is 8.67. The van der Waals surface area contributed by atoms with Crippen molar-refractivity contribution in [1.82, 2.24) is 4.90 Å². The zero-order valence-electron chi connectivity index (χ0n) is 10.3. The van der Waals surface area contributed by atoms with Crippen LogP contribution in [0.3, 0.4) is 0 Å². The average molecular weight is 273 g/mol. The molecule has 0 spiro atoms. The van der Waals surface area contributed by atoms with Crippen molar-refractivity contribution in [2.75, 3.05) is 19.7 Å². The van der Waals surface area contributed by atoms with Crippen LogP contribution in [0.1, 0.15) is 32.6 Å². The lowest BCUT2D eigenvalue weighted by atomic mass is 10.2. The number of carbonyl (C=O) groups excluding carboxylic acids is 1. The maximum absolute atomic E-state index is 12.9. The quantitative estimate of drug-likeness (QED) is 0.517. The van der Waals surface area contributed by atoms with Gasteiger partial charge in [-0.2, -0.15) is 8.78 Å². The van der Waals surface area contributed by atoms with Crippen molar-refractivity contribution in [2.45, 2.75) is 45.0 Å². The van der Waals surface area contributed by atoms with Crippen molar-refractivity contribution in [3.05, 3.63) is 0 Å². The summed E-state index contributed by atoms with van der Waals surface area (Å²) in [4.78, 5) is 11.8. The number of hydrogen-bond donors (Lipinski definition) is 1. The number of unbranched alkanes of at least 4 members (excludes halogenated alkanes) is 3. The molecule has 0 unspecified atom stereocenters. The van der Waals surface area contributed by atoms with Gasteiger partial charge in [0, 0.05) is 13.1 Å². The fraction of sp³-hybridized carbons (Fsp3) is 0.909. The Morgan fingerprint density at radius 2 is 1.83 bits per heavy atom. The molecule has 18 heavy (non-hydrogen) atoms. The molecule has 0 aromatic rings. The first-order valence-electron chi connectivity index (χ1n) is 5.94. The van der Waals surface area contributed by atoms with E-state index in [1.807, 2.05) is 6.92 Å². The standard InChI is InChI=1S/C11H19F4NO2/c1-2-3-4-5-6-16(7-8-17)10(18)11(14,15)9(12)13/h9,17H,2-8H2,1H3. The first kappa shape index (κ1) is 17.2. The maximum atomic E-state index is 12.9. The normalized spacial score (nSPS) is 11.9. The van der Waals surface area contributed by atoms with Crippen molar-refractivity contribution in [3.63, 3.8) is 0 Å². The monoisotopic (exact) mass is 273 g/mol. The maximum Gasteiger partial charge on any atom is 0.383 e. The lowest BCUT2D eigenvalue weighted by Gasteiger charge is -2.26. The number of halogens is 4. The smallest absolute Gasteiger partial charge is 0.383 e. The number of alkyl halides is 4. The van der Waals surface area contributed by atoms with Gasteiger partial charge in [0.05, 0.1) is 6.61 Å². The molecule has 0 radical (unpaired) electrons. The summed E-state index contributed by atoms with van der Waals surface area (Å²) in [6.07, 6.45) is -1.03. The number of hydrogen-bond acceptors (Lipinski definition) is 2. The van der Waals surface area contributed by atoms with Gasteiger partial charge in [0.2, 0.25) is 0 Å². The highest BCUT2D eigenvalue weighted by Gasteiger charge is 2.50. The van der Waals surface area contributed by atoms with Crippen molar-refractivity contribution >= 4 is 5.91 Å². The molecule has 0 atom stereocenters. The highest BCUT2D eigenvalue weighted by Crippen LogP contribution is 2.25. The molecule has 0 rings (SSSR count). The van der Waals surface area contributed by atoms with Gasteiger partial charge in [-0.15, -0.1) is 0 Å². The SMILES string of the molecule is CCCCCCN(CCO)C(=O)C(F)(F)C(F)F. The summed E-state index contributed by atoms with van der Waals surface area (Å²) in [5.41, 5.74) is 0. The van der Waals surface area contributed by atoms with Gasteiger partial charge in [0.1, 0.15) is 0 Å². The van der Waals surface area contributed by atoms with Crippen LogP contribution in [-0.2, 0) is 4.79 Å². The molecule has 0 saturated carbocycles. The zero-order chi connectivity index (χ0) is 14.2.